The molecule has 0 saturated carbocycles. The maximum Gasteiger partial charge on any atom is 0.123 e. The first kappa shape index (κ1) is 14.4. The molecule has 1 unspecified atom stereocenters. The van der Waals surface area contributed by atoms with Crippen LogP contribution in [0.3, 0.4) is 0 Å². The van der Waals surface area contributed by atoms with Gasteiger partial charge in [0.05, 0.1) is 6.10 Å². The summed E-state index contributed by atoms with van der Waals surface area (Å²) in [5.41, 5.74) is 7.67. The van der Waals surface area contributed by atoms with Crippen molar-refractivity contribution in [2.24, 2.45) is 11.7 Å². The summed E-state index contributed by atoms with van der Waals surface area (Å²) < 4.78 is 13.2. The van der Waals surface area contributed by atoms with Gasteiger partial charge in [0.2, 0.25) is 0 Å². The van der Waals surface area contributed by atoms with Gasteiger partial charge in [-0.15, -0.1) is 0 Å². The van der Waals surface area contributed by atoms with Gasteiger partial charge in [0.1, 0.15) is 5.82 Å². The highest BCUT2D eigenvalue weighted by atomic mass is 19.1. The zero-order valence-electron chi connectivity index (χ0n) is 11.5. The first-order valence-corrected chi connectivity index (χ1v) is 6.98. The van der Waals surface area contributed by atoms with Crippen molar-refractivity contribution < 1.29 is 9.50 Å². The number of aliphatic hydroxyl groups is 1. The van der Waals surface area contributed by atoms with Gasteiger partial charge in [-0.2, -0.15) is 0 Å². The minimum Gasteiger partial charge on any atom is -0.393 e. The van der Waals surface area contributed by atoms with E-state index >= 15 is 0 Å². The van der Waals surface area contributed by atoms with Crippen molar-refractivity contribution in [3.8, 4) is 0 Å². The predicted octanol–water partition coefficient (Wildman–Crippen LogP) is 1.88. The molecule has 1 aromatic carbocycles. The third kappa shape index (κ3) is 3.75. The van der Waals surface area contributed by atoms with Crippen LogP contribution in [-0.2, 0) is 13.1 Å². The molecule has 0 aliphatic carbocycles. The van der Waals surface area contributed by atoms with Gasteiger partial charge in [0.25, 0.3) is 0 Å². The molecular formula is C15H23FN2O. The van der Waals surface area contributed by atoms with Crippen LogP contribution in [0.2, 0.25) is 0 Å². The van der Waals surface area contributed by atoms with E-state index in [4.69, 9.17) is 5.73 Å². The topological polar surface area (TPSA) is 49.5 Å². The molecule has 2 rings (SSSR count). The summed E-state index contributed by atoms with van der Waals surface area (Å²) in [5, 5.41) is 9.59. The van der Waals surface area contributed by atoms with Crippen molar-refractivity contribution in [3.63, 3.8) is 0 Å². The van der Waals surface area contributed by atoms with E-state index in [1.807, 2.05) is 13.0 Å². The normalized spacial score (nSPS) is 19.6. The average molecular weight is 266 g/mol. The molecule has 1 saturated heterocycles. The SMILES string of the molecule is CC(O)C1CCN(Cc2ccc(F)cc2CN)CC1. The third-order valence-corrected chi connectivity index (χ3v) is 4.10. The minimum absolute atomic E-state index is 0.215. The van der Waals surface area contributed by atoms with Crippen LogP contribution in [-0.4, -0.2) is 29.2 Å². The number of aliphatic hydroxyl groups excluding tert-OH is 1. The number of nitrogens with two attached hydrogens (primary N) is 1. The molecule has 106 valence electrons. The maximum absolute atomic E-state index is 13.2. The second-order valence-electron chi connectivity index (χ2n) is 5.47. The predicted molar refractivity (Wildman–Crippen MR) is 74.0 cm³/mol. The highest BCUT2D eigenvalue weighted by Gasteiger charge is 2.22. The number of halogens is 1. The molecule has 4 heteroatoms. The van der Waals surface area contributed by atoms with Crippen LogP contribution < -0.4 is 5.73 Å². The molecule has 3 N–H and O–H groups in total. The lowest BCUT2D eigenvalue weighted by atomic mass is 9.92. The molecular weight excluding hydrogens is 243 g/mol. The Balaban J connectivity index is 1.95. The summed E-state index contributed by atoms with van der Waals surface area (Å²) in [6, 6.07) is 4.85. The number of likely N-dealkylation sites (tertiary alicyclic amines) is 1. The van der Waals surface area contributed by atoms with Crippen molar-refractivity contribution in [1.29, 1.82) is 0 Å². The molecule has 0 spiro atoms. The summed E-state index contributed by atoms with van der Waals surface area (Å²) in [7, 11) is 0. The third-order valence-electron chi connectivity index (χ3n) is 4.10. The van der Waals surface area contributed by atoms with Gasteiger partial charge >= 0.3 is 0 Å². The van der Waals surface area contributed by atoms with Gasteiger partial charge in [-0.25, -0.2) is 4.39 Å². The van der Waals surface area contributed by atoms with Crippen LogP contribution in [0, 0.1) is 11.7 Å². The van der Waals surface area contributed by atoms with E-state index in [2.05, 4.69) is 4.90 Å². The quantitative estimate of drug-likeness (QED) is 0.875. The summed E-state index contributed by atoms with van der Waals surface area (Å²) in [6.07, 6.45) is 1.83. The van der Waals surface area contributed by atoms with Crippen molar-refractivity contribution in [3.05, 3.63) is 35.1 Å². The molecule has 1 aromatic rings. The van der Waals surface area contributed by atoms with Crippen LogP contribution >= 0.6 is 0 Å². The van der Waals surface area contributed by atoms with Gasteiger partial charge in [-0.1, -0.05) is 6.07 Å². The van der Waals surface area contributed by atoms with Crippen molar-refractivity contribution >= 4 is 0 Å². The highest BCUT2D eigenvalue weighted by molar-refractivity contribution is 5.27. The zero-order valence-corrected chi connectivity index (χ0v) is 11.5. The van der Waals surface area contributed by atoms with E-state index in [-0.39, 0.29) is 11.9 Å². The van der Waals surface area contributed by atoms with Gasteiger partial charge in [-0.3, -0.25) is 4.90 Å². The molecule has 19 heavy (non-hydrogen) atoms. The monoisotopic (exact) mass is 266 g/mol. The van der Waals surface area contributed by atoms with E-state index in [1.165, 1.54) is 12.1 Å². The fraction of sp³-hybridized carbons (Fsp3) is 0.600. The molecule has 0 radical (unpaired) electrons. The molecule has 1 heterocycles. The lowest BCUT2D eigenvalue weighted by Gasteiger charge is -2.33. The van der Waals surface area contributed by atoms with Crippen molar-refractivity contribution in [2.45, 2.75) is 39.0 Å². The average Bonchev–Trinajstić information content (AvgIpc) is 2.41. The fourth-order valence-corrected chi connectivity index (χ4v) is 2.77. The standard InChI is InChI=1S/C15H23FN2O/c1-11(19)12-4-6-18(7-5-12)10-13-2-3-15(16)8-14(13)9-17/h2-3,8,11-12,19H,4-7,9-10,17H2,1H3. The van der Waals surface area contributed by atoms with E-state index < -0.39 is 0 Å². The second-order valence-corrected chi connectivity index (χ2v) is 5.47. The number of hydrogen-bond acceptors (Lipinski definition) is 3. The zero-order chi connectivity index (χ0) is 13.8. The smallest absolute Gasteiger partial charge is 0.123 e. The first-order chi connectivity index (χ1) is 9.10. The molecule has 1 aliphatic heterocycles. The molecule has 1 fully saturated rings. The van der Waals surface area contributed by atoms with E-state index in [0.29, 0.717) is 12.5 Å². The Morgan fingerprint density at radius 1 is 1.37 bits per heavy atom. The summed E-state index contributed by atoms with van der Waals surface area (Å²) in [6.45, 7) is 5.03. The van der Waals surface area contributed by atoms with Gasteiger partial charge < -0.3 is 10.8 Å². The Labute approximate surface area is 114 Å². The lowest BCUT2D eigenvalue weighted by Crippen LogP contribution is -2.36. The summed E-state index contributed by atoms with van der Waals surface area (Å²) in [5.74, 6) is 0.190. The Morgan fingerprint density at radius 2 is 2.05 bits per heavy atom. The molecule has 0 bridgehead atoms. The molecule has 0 aromatic heterocycles. The summed E-state index contributed by atoms with van der Waals surface area (Å²) >= 11 is 0. The Bertz CT molecular complexity index is 415. The van der Waals surface area contributed by atoms with Gasteiger partial charge in [-0.05, 0) is 62.0 Å². The van der Waals surface area contributed by atoms with Crippen LogP contribution in [0.4, 0.5) is 4.39 Å². The van der Waals surface area contributed by atoms with E-state index in [9.17, 15) is 9.50 Å². The van der Waals surface area contributed by atoms with Crippen LogP contribution in [0.5, 0.6) is 0 Å². The molecule has 0 amide bonds. The molecule has 1 atom stereocenters. The largest absolute Gasteiger partial charge is 0.393 e. The molecule has 1 aliphatic rings. The lowest BCUT2D eigenvalue weighted by molar-refractivity contribution is 0.0694. The van der Waals surface area contributed by atoms with Crippen LogP contribution in [0.1, 0.15) is 30.9 Å². The Morgan fingerprint density at radius 3 is 2.63 bits per heavy atom. The first-order valence-electron chi connectivity index (χ1n) is 6.98. The molecule has 3 nitrogen and oxygen atoms in total. The van der Waals surface area contributed by atoms with E-state index in [1.54, 1.807) is 0 Å². The Kier molecular flexibility index (Phi) is 4.91. The van der Waals surface area contributed by atoms with Crippen molar-refractivity contribution in [1.82, 2.24) is 4.90 Å². The fourth-order valence-electron chi connectivity index (χ4n) is 2.77. The number of piperidine rings is 1. The number of benzene rings is 1. The highest BCUT2D eigenvalue weighted by Crippen LogP contribution is 2.22. The van der Waals surface area contributed by atoms with E-state index in [0.717, 1.165) is 43.6 Å². The maximum atomic E-state index is 13.2. The number of hydrogen-bond donors (Lipinski definition) is 2. The van der Waals surface area contributed by atoms with Crippen LogP contribution in [0.25, 0.3) is 0 Å². The summed E-state index contributed by atoms with van der Waals surface area (Å²) in [4.78, 5) is 2.35. The minimum atomic E-state index is -0.225. The van der Waals surface area contributed by atoms with Crippen molar-refractivity contribution in [2.75, 3.05) is 13.1 Å². The second kappa shape index (κ2) is 6.46. The Hall–Kier alpha value is -0.970. The van der Waals surface area contributed by atoms with Crippen LogP contribution in [0.15, 0.2) is 18.2 Å². The number of nitrogens with zero attached hydrogens (tertiary/aromatic N) is 1. The van der Waals surface area contributed by atoms with Gasteiger partial charge in [0, 0.05) is 13.1 Å². The number of rotatable bonds is 4. The van der Waals surface area contributed by atoms with Gasteiger partial charge in [0.15, 0.2) is 0 Å².